The first-order valence-corrected chi connectivity index (χ1v) is 7.38. The molecule has 0 amide bonds. The number of hydrogen-bond donors (Lipinski definition) is 1. The number of nitrogens with two attached hydrogens (primary N) is 1. The molecular formula is C13H17Br2NO. The van der Waals surface area contributed by atoms with Gasteiger partial charge in [-0.1, -0.05) is 31.9 Å². The molecule has 0 bridgehead atoms. The van der Waals surface area contributed by atoms with E-state index >= 15 is 0 Å². The van der Waals surface area contributed by atoms with E-state index in [1.54, 1.807) is 0 Å². The fourth-order valence-corrected chi connectivity index (χ4v) is 3.34. The zero-order valence-corrected chi connectivity index (χ0v) is 13.3. The fraction of sp³-hybridized carbons (Fsp3) is 0.538. The number of rotatable bonds is 2. The van der Waals surface area contributed by atoms with Gasteiger partial charge in [-0.25, -0.2) is 0 Å². The molecule has 1 aromatic rings. The quantitative estimate of drug-likeness (QED) is 0.859. The molecule has 1 aliphatic rings. The maximum atomic E-state index is 6.38. The second-order valence-electron chi connectivity index (χ2n) is 4.87. The lowest BCUT2D eigenvalue weighted by Gasteiger charge is -2.31. The largest absolute Gasteiger partial charge is 0.373 e. The van der Waals surface area contributed by atoms with Gasteiger partial charge < -0.3 is 10.5 Å². The van der Waals surface area contributed by atoms with E-state index in [0.717, 1.165) is 34.0 Å². The summed E-state index contributed by atoms with van der Waals surface area (Å²) in [5.74, 6) is 0. The zero-order chi connectivity index (χ0) is 12.6. The predicted molar refractivity (Wildman–Crippen MR) is 77.1 cm³/mol. The van der Waals surface area contributed by atoms with Crippen molar-refractivity contribution in [2.24, 2.45) is 5.73 Å². The van der Waals surface area contributed by atoms with E-state index < -0.39 is 0 Å². The van der Waals surface area contributed by atoms with E-state index in [-0.39, 0.29) is 11.6 Å². The van der Waals surface area contributed by atoms with Crippen LogP contribution in [-0.2, 0) is 4.74 Å². The highest BCUT2D eigenvalue weighted by Crippen LogP contribution is 2.39. The Morgan fingerprint density at radius 3 is 2.65 bits per heavy atom. The number of aryl methyl sites for hydroxylation is 1. The van der Waals surface area contributed by atoms with Crippen LogP contribution in [-0.4, -0.2) is 12.2 Å². The first-order valence-electron chi connectivity index (χ1n) is 5.79. The Kier molecular flexibility index (Phi) is 3.98. The fourth-order valence-electron chi connectivity index (χ4n) is 2.27. The molecule has 17 heavy (non-hydrogen) atoms. The molecule has 1 aromatic carbocycles. The van der Waals surface area contributed by atoms with Gasteiger partial charge in [0.15, 0.2) is 0 Å². The lowest BCUT2D eigenvalue weighted by Crippen LogP contribution is -2.37. The smallest absolute Gasteiger partial charge is 0.0847 e. The van der Waals surface area contributed by atoms with Crippen molar-refractivity contribution < 1.29 is 4.74 Å². The highest BCUT2D eigenvalue weighted by Gasteiger charge is 2.37. The third kappa shape index (κ3) is 2.60. The second kappa shape index (κ2) is 5.00. The Bertz CT molecular complexity index is 428. The van der Waals surface area contributed by atoms with Crippen LogP contribution in [0.5, 0.6) is 0 Å². The second-order valence-corrected chi connectivity index (χ2v) is 6.57. The summed E-state index contributed by atoms with van der Waals surface area (Å²) in [6.07, 6.45) is 2.11. The molecule has 1 fully saturated rings. The van der Waals surface area contributed by atoms with Gasteiger partial charge in [0.2, 0.25) is 0 Å². The molecule has 2 unspecified atom stereocenters. The Balaban J connectivity index is 2.36. The monoisotopic (exact) mass is 361 g/mol. The van der Waals surface area contributed by atoms with E-state index in [9.17, 15) is 0 Å². The van der Waals surface area contributed by atoms with Crippen LogP contribution < -0.4 is 5.73 Å². The van der Waals surface area contributed by atoms with Crippen LogP contribution in [0.25, 0.3) is 0 Å². The van der Waals surface area contributed by atoms with Crippen LogP contribution >= 0.6 is 31.9 Å². The minimum absolute atomic E-state index is 0.101. The van der Waals surface area contributed by atoms with Crippen molar-refractivity contribution in [1.29, 1.82) is 0 Å². The molecule has 0 radical (unpaired) electrons. The van der Waals surface area contributed by atoms with E-state index in [1.807, 2.05) is 0 Å². The highest BCUT2D eigenvalue weighted by atomic mass is 79.9. The molecule has 94 valence electrons. The first kappa shape index (κ1) is 13.5. The maximum Gasteiger partial charge on any atom is 0.0847 e. The molecule has 4 heteroatoms. The van der Waals surface area contributed by atoms with Crippen LogP contribution in [0.2, 0.25) is 0 Å². The minimum Gasteiger partial charge on any atom is -0.373 e. The summed E-state index contributed by atoms with van der Waals surface area (Å²) >= 11 is 7.15. The molecule has 0 saturated carbocycles. The summed E-state index contributed by atoms with van der Waals surface area (Å²) in [6.45, 7) is 4.98. The third-order valence-corrected chi connectivity index (χ3v) is 5.06. The summed E-state index contributed by atoms with van der Waals surface area (Å²) in [5.41, 5.74) is 8.44. The molecular weight excluding hydrogens is 346 g/mol. The van der Waals surface area contributed by atoms with Gasteiger partial charge >= 0.3 is 0 Å². The molecule has 0 aliphatic carbocycles. The Morgan fingerprint density at radius 2 is 2.06 bits per heavy atom. The van der Waals surface area contributed by atoms with Crippen LogP contribution in [0.4, 0.5) is 0 Å². The van der Waals surface area contributed by atoms with E-state index in [1.165, 1.54) is 5.56 Å². The lowest BCUT2D eigenvalue weighted by molar-refractivity contribution is -0.00192. The zero-order valence-electron chi connectivity index (χ0n) is 10.1. The summed E-state index contributed by atoms with van der Waals surface area (Å²) in [7, 11) is 0. The topological polar surface area (TPSA) is 35.2 Å². The summed E-state index contributed by atoms with van der Waals surface area (Å²) < 4.78 is 7.97. The molecule has 2 nitrogen and oxygen atoms in total. The number of benzene rings is 1. The number of ether oxygens (including phenoxy) is 1. The lowest BCUT2D eigenvalue weighted by atomic mass is 9.88. The standard InChI is InChI=1S/C13H17Br2NO/c1-8-6-11(15)9(7-10(8)14)12(16)13(2)4-3-5-17-13/h6-7,12H,3-5,16H2,1-2H3. The highest BCUT2D eigenvalue weighted by molar-refractivity contribution is 9.11. The maximum absolute atomic E-state index is 6.38. The van der Waals surface area contributed by atoms with Gasteiger partial charge in [-0.2, -0.15) is 0 Å². The summed E-state index contributed by atoms with van der Waals surface area (Å²) in [5, 5.41) is 0. The van der Waals surface area contributed by atoms with Gasteiger partial charge in [0.05, 0.1) is 11.6 Å². The van der Waals surface area contributed by atoms with E-state index in [2.05, 4.69) is 57.8 Å². The predicted octanol–water partition coefficient (Wildman–Crippen LogP) is 4.09. The van der Waals surface area contributed by atoms with Crippen LogP contribution in [0, 0.1) is 6.92 Å². The van der Waals surface area contributed by atoms with Crippen molar-refractivity contribution in [1.82, 2.24) is 0 Å². The summed E-state index contributed by atoms with van der Waals surface area (Å²) in [4.78, 5) is 0. The van der Waals surface area contributed by atoms with Gasteiger partial charge in [0.1, 0.15) is 0 Å². The molecule has 0 spiro atoms. The molecule has 1 saturated heterocycles. The van der Waals surface area contributed by atoms with E-state index in [4.69, 9.17) is 10.5 Å². The van der Waals surface area contributed by atoms with Gasteiger partial charge in [-0.3, -0.25) is 0 Å². The van der Waals surface area contributed by atoms with Gasteiger partial charge in [0.25, 0.3) is 0 Å². The SMILES string of the molecule is Cc1cc(Br)c(C(N)C2(C)CCCO2)cc1Br. The van der Waals surface area contributed by atoms with Crippen molar-refractivity contribution in [2.75, 3.05) is 6.61 Å². The van der Waals surface area contributed by atoms with Crippen LogP contribution in [0.15, 0.2) is 21.1 Å². The van der Waals surface area contributed by atoms with Crippen molar-refractivity contribution >= 4 is 31.9 Å². The summed E-state index contributed by atoms with van der Waals surface area (Å²) in [6, 6.07) is 4.09. The molecule has 2 atom stereocenters. The van der Waals surface area contributed by atoms with Crippen molar-refractivity contribution in [3.8, 4) is 0 Å². The van der Waals surface area contributed by atoms with Crippen LogP contribution in [0.1, 0.15) is 36.9 Å². The van der Waals surface area contributed by atoms with Gasteiger partial charge in [-0.15, -0.1) is 0 Å². The molecule has 1 heterocycles. The van der Waals surface area contributed by atoms with E-state index in [0.29, 0.717) is 0 Å². The third-order valence-electron chi connectivity index (χ3n) is 3.52. The Labute approximate surface area is 119 Å². The Hall–Kier alpha value is 0.1000. The minimum atomic E-state index is -0.239. The van der Waals surface area contributed by atoms with Gasteiger partial charge in [0, 0.05) is 15.6 Å². The van der Waals surface area contributed by atoms with Crippen molar-refractivity contribution in [3.05, 3.63) is 32.2 Å². The molecule has 2 rings (SSSR count). The number of halogens is 2. The molecule has 0 aromatic heterocycles. The molecule has 1 aliphatic heterocycles. The normalized spacial score (nSPS) is 26.2. The first-order chi connectivity index (χ1) is 7.94. The average Bonchev–Trinajstić information content (AvgIpc) is 2.71. The van der Waals surface area contributed by atoms with Gasteiger partial charge in [-0.05, 0) is 49.9 Å². The van der Waals surface area contributed by atoms with Crippen molar-refractivity contribution in [3.63, 3.8) is 0 Å². The number of hydrogen-bond acceptors (Lipinski definition) is 2. The molecule has 2 N–H and O–H groups in total. The van der Waals surface area contributed by atoms with Crippen LogP contribution in [0.3, 0.4) is 0 Å². The Morgan fingerprint density at radius 1 is 1.35 bits per heavy atom. The average molecular weight is 363 g/mol. The van der Waals surface area contributed by atoms with Crippen molar-refractivity contribution in [2.45, 2.75) is 38.3 Å².